The fourth-order valence-electron chi connectivity index (χ4n) is 4.07. The maximum atomic E-state index is 11.9. The quantitative estimate of drug-likeness (QED) is 0.822. The number of fused-ring (bicyclic) bond motifs is 1. The third-order valence-electron chi connectivity index (χ3n) is 5.58. The molecular weight excluding hydrogens is 330 g/mol. The molecule has 138 valence electrons. The van der Waals surface area contributed by atoms with Crippen molar-refractivity contribution in [3.05, 3.63) is 30.7 Å². The molecule has 0 saturated carbocycles. The molecule has 4 rings (SSSR count). The van der Waals surface area contributed by atoms with Gasteiger partial charge >= 0.3 is 0 Å². The van der Waals surface area contributed by atoms with Crippen molar-refractivity contribution in [2.45, 2.75) is 31.7 Å². The van der Waals surface area contributed by atoms with Gasteiger partial charge in [-0.15, -0.1) is 0 Å². The second-order valence-corrected chi connectivity index (χ2v) is 7.25. The molecule has 1 amide bonds. The van der Waals surface area contributed by atoms with Gasteiger partial charge in [-0.25, -0.2) is 9.97 Å². The Morgan fingerprint density at radius 3 is 2.96 bits per heavy atom. The molecule has 0 aliphatic carbocycles. The predicted octanol–water partition coefficient (Wildman–Crippen LogP) is 2.30. The number of nitrogens with one attached hydrogen (secondary N) is 2. The smallest absolute Gasteiger partial charge is 0.246 e. The number of H-pyrrole nitrogens is 1. The molecule has 2 aromatic heterocycles. The summed E-state index contributed by atoms with van der Waals surface area (Å²) in [6.07, 6.45) is 7.06. The summed E-state index contributed by atoms with van der Waals surface area (Å²) in [6, 6.07) is 0.162. The van der Waals surface area contributed by atoms with Crippen molar-refractivity contribution < 1.29 is 9.53 Å². The largest absolute Gasteiger partial charge is 0.381 e. The molecule has 2 fully saturated rings. The number of aromatic amines is 1. The number of carbonyl (C=O) groups is 1. The van der Waals surface area contributed by atoms with Crippen molar-refractivity contribution in [2.24, 2.45) is 5.92 Å². The Morgan fingerprint density at radius 1 is 1.38 bits per heavy atom. The summed E-state index contributed by atoms with van der Waals surface area (Å²) in [5.41, 5.74) is 2.12. The van der Waals surface area contributed by atoms with E-state index in [1.807, 2.05) is 4.90 Å². The molecule has 2 N–H and O–H groups in total. The Morgan fingerprint density at radius 2 is 2.19 bits per heavy atom. The summed E-state index contributed by atoms with van der Waals surface area (Å²) in [5, 5.41) is 4.65. The van der Waals surface area contributed by atoms with Gasteiger partial charge in [0, 0.05) is 38.5 Å². The second kappa shape index (κ2) is 7.07. The Balaban J connectivity index is 1.61. The number of nitrogens with zero attached hydrogens (tertiary/aromatic N) is 3. The lowest BCUT2D eigenvalue weighted by Gasteiger charge is -2.23. The number of anilines is 1. The molecule has 7 heteroatoms. The van der Waals surface area contributed by atoms with E-state index in [0.29, 0.717) is 18.4 Å². The first kappa shape index (κ1) is 17.0. The number of ether oxygens (including phenoxy) is 1. The third kappa shape index (κ3) is 3.07. The number of likely N-dealkylation sites (tertiary alicyclic amines) is 1. The van der Waals surface area contributed by atoms with Gasteiger partial charge in [-0.05, 0) is 36.3 Å². The zero-order valence-electron chi connectivity index (χ0n) is 15.1. The lowest BCUT2D eigenvalue weighted by atomic mass is 9.92. The molecule has 2 aliphatic heterocycles. The van der Waals surface area contributed by atoms with Crippen LogP contribution in [0.3, 0.4) is 0 Å². The molecule has 7 nitrogen and oxygen atoms in total. The van der Waals surface area contributed by atoms with E-state index in [0.717, 1.165) is 49.5 Å². The molecule has 0 unspecified atom stereocenters. The summed E-state index contributed by atoms with van der Waals surface area (Å²) >= 11 is 0. The molecule has 4 heterocycles. The van der Waals surface area contributed by atoms with Crippen LogP contribution in [0.4, 0.5) is 5.82 Å². The molecule has 2 atom stereocenters. The van der Waals surface area contributed by atoms with Crippen LogP contribution in [0.2, 0.25) is 0 Å². The van der Waals surface area contributed by atoms with E-state index >= 15 is 0 Å². The van der Waals surface area contributed by atoms with Crippen LogP contribution in [0.25, 0.3) is 11.0 Å². The Hall–Kier alpha value is -2.41. The van der Waals surface area contributed by atoms with E-state index in [1.54, 1.807) is 6.33 Å². The molecule has 0 spiro atoms. The summed E-state index contributed by atoms with van der Waals surface area (Å²) < 4.78 is 5.50. The Bertz CT molecular complexity index is 811. The van der Waals surface area contributed by atoms with Crippen LogP contribution in [0, 0.1) is 5.92 Å². The number of rotatable bonds is 4. The van der Waals surface area contributed by atoms with Gasteiger partial charge in [0.1, 0.15) is 17.8 Å². The van der Waals surface area contributed by atoms with Crippen LogP contribution in [0.15, 0.2) is 25.2 Å². The number of hydrogen-bond acceptors (Lipinski definition) is 5. The molecular formula is C19H25N5O2. The van der Waals surface area contributed by atoms with E-state index in [2.05, 4.69) is 40.0 Å². The van der Waals surface area contributed by atoms with Gasteiger partial charge in [-0.3, -0.25) is 4.79 Å². The van der Waals surface area contributed by atoms with E-state index in [4.69, 9.17) is 4.74 Å². The zero-order valence-corrected chi connectivity index (χ0v) is 15.1. The molecule has 0 aromatic carbocycles. The van der Waals surface area contributed by atoms with Crippen LogP contribution in [0.5, 0.6) is 0 Å². The second-order valence-electron chi connectivity index (χ2n) is 7.25. The first-order valence-electron chi connectivity index (χ1n) is 9.25. The SMILES string of the molecule is C=CC(=O)N1C[C@H](Nc2ncnc3[nH]cc(C4CCOCC4)c23)[C@@H](C)C1. The van der Waals surface area contributed by atoms with Gasteiger partial charge in [-0.1, -0.05) is 13.5 Å². The highest BCUT2D eigenvalue weighted by atomic mass is 16.5. The number of hydrogen-bond donors (Lipinski definition) is 2. The molecule has 0 bridgehead atoms. The highest BCUT2D eigenvalue weighted by molar-refractivity contribution is 5.91. The fourth-order valence-corrected chi connectivity index (χ4v) is 4.07. The Kier molecular flexibility index (Phi) is 4.63. The highest BCUT2D eigenvalue weighted by Crippen LogP contribution is 2.35. The minimum atomic E-state index is -0.0153. The summed E-state index contributed by atoms with van der Waals surface area (Å²) in [6.45, 7) is 8.74. The number of carbonyl (C=O) groups excluding carboxylic acids is 1. The van der Waals surface area contributed by atoms with Gasteiger partial charge in [0.15, 0.2) is 0 Å². The normalized spacial score (nSPS) is 24.1. The van der Waals surface area contributed by atoms with Crippen molar-refractivity contribution in [1.82, 2.24) is 19.9 Å². The van der Waals surface area contributed by atoms with E-state index < -0.39 is 0 Å². The van der Waals surface area contributed by atoms with Crippen LogP contribution in [-0.2, 0) is 9.53 Å². The highest BCUT2D eigenvalue weighted by Gasteiger charge is 2.32. The van der Waals surface area contributed by atoms with Crippen LogP contribution < -0.4 is 5.32 Å². The third-order valence-corrected chi connectivity index (χ3v) is 5.58. The van der Waals surface area contributed by atoms with E-state index in [9.17, 15) is 4.79 Å². The summed E-state index contributed by atoms with van der Waals surface area (Å²) in [5.74, 6) is 1.64. The average molecular weight is 355 g/mol. The maximum Gasteiger partial charge on any atom is 0.246 e. The predicted molar refractivity (Wildman–Crippen MR) is 100 cm³/mol. The van der Waals surface area contributed by atoms with Crippen LogP contribution in [0.1, 0.15) is 31.2 Å². The molecule has 26 heavy (non-hydrogen) atoms. The van der Waals surface area contributed by atoms with Crippen molar-refractivity contribution in [3.8, 4) is 0 Å². The topological polar surface area (TPSA) is 83.1 Å². The Labute approximate surface area is 152 Å². The van der Waals surface area contributed by atoms with Crippen LogP contribution in [-0.4, -0.2) is 58.1 Å². The van der Waals surface area contributed by atoms with Crippen LogP contribution >= 0.6 is 0 Å². The standard InChI is InChI=1S/C19H25N5O2/c1-3-16(25)24-9-12(2)15(10-24)23-19-17-14(13-4-6-26-7-5-13)8-20-18(17)21-11-22-19/h3,8,11-13,15H,1,4-7,9-10H2,2H3,(H2,20,21,22,23)/t12-,15-/m0/s1. The molecule has 0 radical (unpaired) electrons. The van der Waals surface area contributed by atoms with E-state index in [-0.39, 0.29) is 11.9 Å². The monoisotopic (exact) mass is 355 g/mol. The van der Waals surface area contributed by atoms with Crippen molar-refractivity contribution in [3.63, 3.8) is 0 Å². The lowest BCUT2D eigenvalue weighted by Crippen LogP contribution is -2.31. The molecule has 2 aliphatic rings. The van der Waals surface area contributed by atoms with Gasteiger partial charge < -0.3 is 19.9 Å². The molecule has 2 saturated heterocycles. The van der Waals surface area contributed by atoms with Crippen molar-refractivity contribution in [2.75, 3.05) is 31.6 Å². The average Bonchev–Trinajstić information content (AvgIpc) is 3.26. The zero-order chi connectivity index (χ0) is 18.1. The summed E-state index contributed by atoms with van der Waals surface area (Å²) in [4.78, 5) is 26.0. The number of aromatic nitrogens is 3. The van der Waals surface area contributed by atoms with Gasteiger partial charge in [-0.2, -0.15) is 0 Å². The summed E-state index contributed by atoms with van der Waals surface area (Å²) in [7, 11) is 0. The minimum Gasteiger partial charge on any atom is -0.381 e. The van der Waals surface area contributed by atoms with Gasteiger partial charge in [0.2, 0.25) is 5.91 Å². The lowest BCUT2D eigenvalue weighted by molar-refractivity contribution is -0.125. The number of amides is 1. The van der Waals surface area contributed by atoms with Gasteiger partial charge in [0.05, 0.1) is 5.39 Å². The fraction of sp³-hybridized carbons (Fsp3) is 0.526. The minimum absolute atomic E-state index is 0.0153. The van der Waals surface area contributed by atoms with E-state index in [1.165, 1.54) is 11.6 Å². The maximum absolute atomic E-state index is 11.9. The first-order valence-corrected chi connectivity index (χ1v) is 9.25. The van der Waals surface area contributed by atoms with Gasteiger partial charge in [0.25, 0.3) is 0 Å². The first-order chi connectivity index (χ1) is 12.7. The molecule has 2 aromatic rings. The van der Waals surface area contributed by atoms with Crippen molar-refractivity contribution >= 4 is 22.8 Å². The van der Waals surface area contributed by atoms with Crippen molar-refractivity contribution in [1.29, 1.82) is 0 Å².